The molecule has 1 aliphatic heterocycles. The Morgan fingerprint density at radius 3 is 3.12 bits per heavy atom. The predicted molar refractivity (Wildman–Crippen MR) is 61.4 cm³/mol. The number of ether oxygens (including phenoxy) is 3. The molecule has 0 unspecified atom stereocenters. The normalized spacial score (nSPS) is 14.6. The SMILES string of the molecule is COc1ccc2c(c1/C=C/CN)COCO2. The summed E-state index contributed by atoms with van der Waals surface area (Å²) >= 11 is 0. The van der Waals surface area contributed by atoms with E-state index in [-0.39, 0.29) is 0 Å². The molecular formula is C12H15NO3. The molecule has 1 aromatic carbocycles. The summed E-state index contributed by atoms with van der Waals surface area (Å²) in [6.07, 6.45) is 3.82. The Morgan fingerprint density at radius 2 is 2.38 bits per heavy atom. The fraction of sp³-hybridized carbons (Fsp3) is 0.333. The topological polar surface area (TPSA) is 53.7 Å². The summed E-state index contributed by atoms with van der Waals surface area (Å²) in [6, 6.07) is 3.79. The van der Waals surface area contributed by atoms with Crippen molar-refractivity contribution >= 4 is 6.08 Å². The van der Waals surface area contributed by atoms with Crippen LogP contribution < -0.4 is 15.2 Å². The lowest BCUT2D eigenvalue weighted by Gasteiger charge is -2.21. The summed E-state index contributed by atoms with van der Waals surface area (Å²) < 4.78 is 16.0. The van der Waals surface area contributed by atoms with E-state index in [1.807, 2.05) is 24.3 Å². The molecule has 0 radical (unpaired) electrons. The highest BCUT2D eigenvalue weighted by atomic mass is 16.7. The van der Waals surface area contributed by atoms with Crippen molar-refractivity contribution in [2.24, 2.45) is 5.73 Å². The van der Waals surface area contributed by atoms with Gasteiger partial charge in [-0.05, 0) is 12.1 Å². The zero-order valence-corrected chi connectivity index (χ0v) is 9.23. The van der Waals surface area contributed by atoms with Crippen LogP contribution in [-0.4, -0.2) is 20.4 Å². The summed E-state index contributed by atoms with van der Waals surface area (Å²) in [6.45, 7) is 1.34. The second-order valence-electron chi connectivity index (χ2n) is 3.41. The average molecular weight is 221 g/mol. The van der Waals surface area contributed by atoms with Crippen LogP contribution in [0.3, 0.4) is 0 Å². The lowest BCUT2D eigenvalue weighted by molar-refractivity contribution is -0.0166. The number of nitrogens with two attached hydrogens (primary N) is 1. The average Bonchev–Trinajstić information content (AvgIpc) is 2.35. The lowest BCUT2D eigenvalue weighted by atomic mass is 10.0. The Kier molecular flexibility index (Phi) is 3.44. The molecular weight excluding hydrogens is 206 g/mol. The molecule has 4 nitrogen and oxygen atoms in total. The Balaban J connectivity index is 2.47. The molecule has 2 rings (SSSR count). The highest BCUT2D eigenvalue weighted by Crippen LogP contribution is 2.34. The van der Waals surface area contributed by atoms with Crippen molar-refractivity contribution in [3.8, 4) is 11.5 Å². The number of benzene rings is 1. The fourth-order valence-electron chi connectivity index (χ4n) is 1.70. The van der Waals surface area contributed by atoms with Gasteiger partial charge in [-0.3, -0.25) is 0 Å². The third-order valence-corrected chi connectivity index (χ3v) is 2.46. The molecule has 0 amide bonds. The molecule has 0 saturated heterocycles. The van der Waals surface area contributed by atoms with Crippen molar-refractivity contribution in [3.05, 3.63) is 29.3 Å². The molecule has 1 aliphatic rings. The second kappa shape index (κ2) is 5.01. The van der Waals surface area contributed by atoms with Crippen molar-refractivity contribution in [1.82, 2.24) is 0 Å². The van der Waals surface area contributed by atoms with Gasteiger partial charge in [0.1, 0.15) is 11.5 Å². The van der Waals surface area contributed by atoms with E-state index in [1.54, 1.807) is 7.11 Å². The summed E-state index contributed by atoms with van der Waals surface area (Å²) in [4.78, 5) is 0. The van der Waals surface area contributed by atoms with Crippen molar-refractivity contribution < 1.29 is 14.2 Å². The van der Waals surface area contributed by atoms with Gasteiger partial charge in [0.25, 0.3) is 0 Å². The molecule has 0 saturated carbocycles. The standard InChI is InChI=1S/C12H15NO3/c1-14-11-4-5-12-10(7-15-8-16-12)9(11)3-2-6-13/h2-5H,6-8,13H2,1H3/b3-2+. The third kappa shape index (κ3) is 2.03. The van der Waals surface area contributed by atoms with Crippen LogP contribution in [0.2, 0.25) is 0 Å². The van der Waals surface area contributed by atoms with E-state index in [0.29, 0.717) is 19.9 Å². The summed E-state index contributed by atoms with van der Waals surface area (Å²) in [5.41, 5.74) is 7.44. The monoisotopic (exact) mass is 221 g/mol. The van der Waals surface area contributed by atoms with Gasteiger partial charge in [-0.25, -0.2) is 0 Å². The van der Waals surface area contributed by atoms with E-state index in [2.05, 4.69) is 0 Å². The van der Waals surface area contributed by atoms with Gasteiger partial charge in [0.15, 0.2) is 6.79 Å². The maximum atomic E-state index is 5.45. The zero-order valence-electron chi connectivity index (χ0n) is 9.23. The molecule has 0 bridgehead atoms. The van der Waals surface area contributed by atoms with E-state index in [1.165, 1.54) is 0 Å². The van der Waals surface area contributed by atoms with Gasteiger partial charge in [-0.1, -0.05) is 12.2 Å². The number of methoxy groups -OCH3 is 1. The van der Waals surface area contributed by atoms with Crippen LogP contribution in [0.4, 0.5) is 0 Å². The molecule has 0 atom stereocenters. The Labute approximate surface area is 94.6 Å². The fourth-order valence-corrected chi connectivity index (χ4v) is 1.70. The number of fused-ring (bicyclic) bond motifs is 1. The minimum absolute atomic E-state index is 0.305. The van der Waals surface area contributed by atoms with Crippen LogP contribution >= 0.6 is 0 Å². The molecule has 0 aromatic heterocycles. The minimum Gasteiger partial charge on any atom is -0.496 e. The summed E-state index contributed by atoms with van der Waals surface area (Å²) in [7, 11) is 1.64. The third-order valence-electron chi connectivity index (χ3n) is 2.46. The smallest absolute Gasteiger partial charge is 0.189 e. The van der Waals surface area contributed by atoms with Crippen LogP contribution in [0.1, 0.15) is 11.1 Å². The maximum Gasteiger partial charge on any atom is 0.189 e. The van der Waals surface area contributed by atoms with Gasteiger partial charge >= 0.3 is 0 Å². The summed E-state index contributed by atoms with van der Waals surface area (Å²) in [5.74, 6) is 1.65. The first-order valence-electron chi connectivity index (χ1n) is 5.14. The van der Waals surface area contributed by atoms with Crippen LogP contribution in [-0.2, 0) is 11.3 Å². The molecule has 86 valence electrons. The number of hydrogen-bond acceptors (Lipinski definition) is 4. The van der Waals surface area contributed by atoms with E-state index < -0.39 is 0 Å². The van der Waals surface area contributed by atoms with Gasteiger partial charge in [-0.2, -0.15) is 0 Å². The first-order valence-corrected chi connectivity index (χ1v) is 5.14. The second-order valence-corrected chi connectivity index (χ2v) is 3.41. The van der Waals surface area contributed by atoms with Gasteiger partial charge < -0.3 is 19.9 Å². The largest absolute Gasteiger partial charge is 0.496 e. The van der Waals surface area contributed by atoms with E-state index in [9.17, 15) is 0 Å². The van der Waals surface area contributed by atoms with Crippen molar-refractivity contribution in [2.45, 2.75) is 6.61 Å². The molecule has 0 spiro atoms. The number of rotatable bonds is 3. The minimum atomic E-state index is 0.305. The van der Waals surface area contributed by atoms with Crippen LogP contribution in [0.15, 0.2) is 18.2 Å². The zero-order chi connectivity index (χ0) is 11.4. The maximum absolute atomic E-state index is 5.45. The molecule has 0 aliphatic carbocycles. The highest BCUT2D eigenvalue weighted by Gasteiger charge is 2.16. The van der Waals surface area contributed by atoms with Gasteiger partial charge in [0.2, 0.25) is 0 Å². The lowest BCUT2D eigenvalue weighted by Crippen LogP contribution is -2.12. The highest BCUT2D eigenvalue weighted by molar-refractivity contribution is 5.65. The molecule has 4 heteroatoms. The molecule has 2 N–H and O–H groups in total. The first kappa shape index (κ1) is 11.0. The molecule has 1 aromatic rings. The Hall–Kier alpha value is -1.52. The Bertz CT molecular complexity index is 401. The van der Waals surface area contributed by atoms with Crippen molar-refractivity contribution in [2.75, 3.05) is 20.4 Å². The summed E-state index contributed by atoms with van der Waals surface area (Å²) in [5, 5.41) is 0. The first-order chi connectivity index (χ1) is 7.86. The van der Waals surface area contributed by atoms with Gasteiger partial charge in [0, 0.05) is 17.7 Å². The van der Waals surface area contributed by atoms with Gasteiger partial charge in [-0.15, -0.1) is 0 Å². The quantitative estimate of drug-likeness (QED) is 0.841. The van der Waals surface area contributed by atoms with E-state index in [4.69, 9.17) is 19.9 Å². The van der Waals surface area contributed by atoms with Crippen molar-refractivity contribution in [3.63, 3.8) is 0 Å². The van der Waals surface area contributed by atoms with E-state index in [0.717, 1.165) is 22.6 Å². The predicted octanol–water partition coefficient (Wildman–Crippen LogP) is 1.53. The van der Waals surface area contributed by atoms with Gasteiger partial charge in [0.05, 0.1) is 13.7 Å². The van der Waals surface area contributed by atoms with Crippen molar-refractivity contribution in [1.29, 1.82) is 0 Å². The van der Waals surface area contributed by atoms with E-state index >= 15 is 0 Å². The molecule has 1 heterocycles. The molecule has 16 heavy (non-hydrogen) atoms. The molecule has 0 fully saturated rings. The Morgan fingerprint density at radius 1 is 1.50 bits per heavy atom. The number of hydrogen-bond donors (Lipinski definition) is 1. The van der Waals surface area contributed by atoms with Crippen LogP contribution in [0.25, 0.3) is 6.08 Å². The van der Waals surface area contributed by atoms with Crippen LogP contribution in [0.5, 0.6) is 11.5 Å². The van der Waals surface area contributed by atoms with Crippen LogP contribution in [0, 0.1) is 0 Å².